The summed E-state index contributed by atoms with van der Waals surface area (Å²) in [5.41, 5.74) is 4.83. The highest BCUT2D eigenvalue weighted by atomic mass is 19.4. The molecule has 0 amide bonds. The fourth-order valence-electron chi connectivity index (χ4n) is 2.62. The van der Waals surface area contributed by atoms with E-state index in [-0.39, 0.29) is 6.42 Å². The molecular formula is C18H28F3N. The number of aryl methyl sites for hydroxylation is 3. The maximum absolute atomic E-state index is 12.0. The minimum Gasteiger partial charge on any atom is -0.258 e. The van der Waals surface area contributed by atoms with Gasteiger partial charge in [-0.3, -0.25) is 4.98 Å². The molecule has 22 heavy (non-hydrogen) atoms. The Morgan fingerprint density at radius 1 is 0.864 bits per heavy atom. The van der Waals surface area contributed by atoms with Crippen LogP contribution in [0.25, 0.3) is 0 Å². The summed E-state index contributed by atoms with van der Waals surface area (Å²) in [6.45, 7) is 6.27. The Kier molecular flexibility index (Phi) is 7.91. The number of alkyl halides is 3. The lowest BCUT2D eigenvalue weighted by molar-refractivity contribution is -0.135. The number of halogens is 3. The van der Waals surface area contributed by atoms with Gasteiger partial charge in [0.25, 0.3) is 0 Å². The van der Waals surface area contributed by atoms with Gasteiger partial charge in [-0.05, 0) is 57.2 Å². The molecule has 1 aromatic rings. The molecule has 0 unspecified atom stereocenters. The zero-order valence-corrected chi connectivity index (χ0v) is 14.0. The first-order valence-electron chi connectivity index (χ1n) is 8.30. The van der Waals surface area contributed by atoms with E-state index in [0.29, 0.717) is 6.42 Å². The van der Waals surface area contributed by atoms with Crippen molar-refractivity contribution in [3.05, 3.63) is 28.6 Å². The number of pyridine rings is 1. The largest absolute Gasteiger partial charge is 0.389 e. The molecule has 0 atom stereocenters. The van der Waals surface area contributed by atoms with Crippen molar-refractivity contribution in [2.24, 2.45) is 0 Å². The Hall–Kier alpha value is -1.06. The van der Waals surface area contributed by atoms with E-state index in [9.17, 15) is 13.2 Å². The monoisotopic (exact) mass is 315 g/mol. The van der Waals surface area contributed by atoms with E-state index in [2.05, 4.69) is 24.9 Å². The molecule has 1 heterocycles. The third-order valence-corrected chi connectivity index (χ3v) is 4.22. The third kappa shape index (κ3) is 7.81. The Bertz CT molecular complexity index is 429. The minimum atomic E-state index is -3.99. The van der Waals surface area contributed by atoms with Crippen LogP contribution in [0.3, 0.4) is 0 Å². The van der Waals surface area contributed by atoms with Crippen LogP contribution < -0.4 is 0 Å². The molecule has 0 spiro atoms. The zero-order valence-electron chi connectivity index (χ0n) is 14.0. The number of rotatable bonds is 9. The molecule has 1 nitrogen and oxygen atoms in total. The molecule has 0 saturated carbocycles. The minimum absolute atomic E-state index is 0.273. The lowest BCUT2D eigenvalue weighted by atomic mass is 10.0. The van der Waals surface area contributed by atoms with Crippen molar-refractivity contribution < 1.29 is 13.2 Å². The summed E-state index contributed by atoms with van der Waals surface area (Å²) in [7, 11) is 0. The van der Waals surface area contributed by atoms with Crippen LogP contribution in [0.2, 0.25) is 0 Å². The molecule has 0 aliphatic carbocycles. The van der Waals surface area contributed by atoms with Gasteiger partial charge >= 0.3 is 6.18 Å². The number of nitrogens with zero attached hydrogens (tertiary/aromatic N) is 1. The normalized spacial score (nSPS) is 11.9. The number of unbranched alkanes of at least 4 members (excludes halogenated alkanes) is 6. The molecule has 126 valence electrons. The van der Waals surface area contributed by atoms with E-state index >= 15 is 0 Å². The van der Waals surface area contributed by atoms with Crippen molar-refractivity contribution in [3.8, 4) is 0 Å². The first kappa shape index (κ1) is 19.0. The lowest BCUT2D eigenvalue weighted by Gasteiger charge is -2.08. The summed E-state index contributed by atoms with van der Waals surface area (Å²) >= 11 is 0. The van der Waals surface area contributed by atoms with Crippen LogP contribution in [0.4, 0.5) is 13.2 Å². The summed E-state index contributed by atoms with van der Waals surface area (Å²) in [6, 6.07) is 2.17. The molecule has 0 aromatic carbocycles. The molecule has 0 saturated heterocycles. The van der Waals surface area contributed by atoms with E-state index < -0.39 is 12.6 Å². The fourth-order valence-corrected chi connectivity index (χ4v) is 2.62. The second-order valence-corrected chi connectivity index (χ2v) is 6.23. The van der Waals surface area contributed by atoms with Gasteiger partial charge in [0.15, 0.2) is 0 Å². The quantitative estimate of drug-likeness (QED) is 0.492. The van der Waals surface area contributed by atoms with Crippen molar-refractivity contribution in [2.75, 3.05) is 0 Å². The van der Waals surface area contributed by atoms with Gasteiger partial charge in [0, 0.05) is 17.8 Å². The maximum Gasteiger partial charge on any atom is 0.389 e. The molecule has 0 radical (unpaired) electrons. The Morgan fingerprint density at radius 2 is 1.41 bits per heavy atom. The highest BCUT2D eigenvalue weighted by Crippen LogP contribution is 2.23. The van der Waals surface area contributed by atoms with E-state index in [1.165, 1.54) is 11.1 Å². The van der Waals surface area contributed by atoms with Crippen LogP contribution in [-0.2, 0) is 6.42 Å². The molecule has 0 N–H and O–H groups in total. The summed E-state index contributed by atoms with van der Waals surface area (Å²) < 4.78 is 35.9. The van der Waals surface area contributed by atoms with Gasteiger partial charge < -0.3 is 0 Å². The van der Waals surface area contributed by atoms with E-state index in [4.69, 9.17) is 0 Å². The second kappa shape index (κ2) is 9.16. The zero-order chi connectivity index (χ0) is 16.6. The third-order valence-electron chi connectivity index (χ3n) is 4.22. The van der Waals surface area contributed by atoms with Gasteiger partial charge in [0.1, 0.15) is 0 Å². The highest BCUT2D eigenvalue weighted by Gasteiger charge is 2.25. The van der Waals surface area contributed by atoms with Gasteiger partial charge in [0.2, 0.25) is 0 Å². The fraction of sp³-hybridized carbons (Fsp3) is 0.722. The number of hydrogen-bond acceptors (Lipinski definition) is 1. The average molecular weight is 315 g/mol. The van der Waals surface area contributed by atoms with E-state index in [1.807, 2.05) is 6.92 Å². The molecule has 0 bridgehead atoms. The Balaban J connectivity index is 2.07. The molecule has 1 rings (SSSR count). The molecule has 4 heteroatoms. The first-order chi connectivity index (χ1) is 10.3. The summed E-state index contributed by atoms with van der Waals surface area (Å²) in [6.07, 6.45) is 2.64. The van der Waals surface area contributed by atoms with Gasteiger partial charge in [0.05, 0.1) is 0 Å². The molecule has 0 aliphatic heterocycles. The first-order valence-corrected chi connectivity index (χ1v) is 8.30. The van der Waals surface area contributed by atoms with Crippen molar-refractivity contribution in [1.82, 2.24) is 4.98 Å². The lowest BCUT2D eigenvalue weighted by Crippen LogP contribution is -2.06. The SMILES string of the molecule is Cc1cc(CCCCCCCCCC(F)(F)F)nc(C)c1C. The van der Waals surface area contributed by atoms with Crippen molar-refractivity contribution in [1.29, 1.82) is 0 Å². The van der Waals surface area contributed by atoms with Crippen molar-refractivity contribution in [2.45, 2.75) is 84.7 Å². The van der Waals surface area contributed by atoms with E-state index in [1.54, 1.807) is 0 Å². The van der Waals surface area contributed by atoms with Crippen LogP contribution in [0, 0.1) is 20.8 Å². The van der Waals surface area contributed by atoms with Crippen LogP contribution in [0.5, 0.6) is 0 Å². The van der Waals surface area contributed by atoms with Gasteiger partial charge in [-0.1, -0.05) is 32.1 Å². The molecular weight excluding hydrogens is 287 g/mol. The summed E-state index contributed by atoms with van der Waals surface area (Å²) in [4.78, 5) is 4.61. The molecule has 1 aromatic heterocycles. The standard InChI is InChI=1S/C18H28F3N/c1-14-13-17(22-16(3)15(14)2)11-9-7-5-4-6-8-10-12-18(19,20)21/h13H,4-12H2,1-3H3. The summed E-state index contributed by atoms with van der Waals surface area (Å²) in [5.74, 6) is 0. The average Bonchev–Trinajstić information content (AvgIpc) is 2.41. The van der Waals surface area contributed by atoms with Crippen LogP contribution in [0.15, 0.2) is 6.07 Å². The Morgan fingerprint density at radius 3 is 1.95 bits per heavy atom. The van der Waals surface area contributed by atoms with Crippen molar-refractivity contribution >= 4 is 0 Å². The molecule has 0 fully saturated rings. The highest BCUT2D eigenvalue weighted by molar-refractivity contribution is 5.29. The number of hydrogen-bond donors (Lipinski definition) is 0. The van der Waals surface area contributed by atoms with Gasteiger partial charge in [-0.15, -0.1) is 0 Å². The second-order valence-electron chi connectivity index (χ2n) is 6.23. The predicted octanol–water partition coefficient (Wildman–Crippen LogP) is 6.23. The van der Waals surface area contributed by atoms with Crippen LogP contribution in [-0.4, -0.2) is 11.2 Å². The summed E-state index contributed by atoms with van der Waals surface area (Å²) in [5, 5.41) is 0. The smallest absolute Gasteiger partial charge is 0.258 e. The maximum atomic E-state index is 12.0. The number of aromatic nitrogens is 1. The molecule has 0 aliphatic rings. The predicted molar refractivity (Wildman–Crippen MR) is 85.1 cm³/mol. The Labute approximate surface area is 132 Å². The van der Waals surface area contributed by atoms with Gasteiger partial charge in [-0.25, -0.2) is 0 Å². The van der Waals surface area contributed by atoms with Gasteiger partial charge in [-0.2, -0.15) is 13.2 Å². The van der Waals surface area contributed by atoms with E-state index in [0.717, 1.165) is 49.9 Å². The topological polar surface area (TPSA) is 12.9 Å². The van der Waals surface area contributed by atoms with Crippen molar-refractivity contribution in [3.63, 3.8) is 0 Å². The van der Waals surface area contributed by atoms with Crippen LogP contribution >= 0.6 is 0 Å². The van der Waals surface area contributed by atoms with Crippen LogP contribution in [0.1, 0.15) is 73.9 Å².